The zero-order valence-corrected chi connectivity index (χ0v) is 12.7. The number of benzene rings is 2. The van der Waals surface area contributed by atoms with E-state index in [1.54, 1.807) is 4.90 Å². The second kappa shape index (κ2) is 5.73. The van der Waals surface area contributed by atoms with Crippen LogP contribution in [0, 0.1) is 0 Å². The molecule has 1 aliphatic heterocycles. The molecule has 1 unspecified atom stereocenters. The van der Waals surface area contributed by atoms with Crippen molar-refractivity contribution in [3.05, 3.63) is 65.7 Å². The number of benzodiazepines with no additional fused rings is 1. The SMILES string of the molecule is CC(C)N1C(=O)C(N)N=C(c2ccccc2)c2ccccc21. The van der Waals surface area contributed by atoms with E-state index >= 15 is 0 Å². The van der Waals surface area contributed by atoms with Gasteiger partial charge in [0.2, 0.25) is 0 Å². The molecule has 112 valence electrons. The number of para-hydroxylation sites is 1. The normalized spacial score (nSPS) is 18.0. The van der Waals surface area contributed by atoms with Gasteiger partial charge in [-0.2, -0.15) is 0 Å². The Balaban J connectivity index is 2.24. The number of hydrogen-bond acceptors (Lipinski definition) is 3. The van der Waals surface area contributed by atoms with Crippen molar-refractivity contribution < 1.29 is 4.79 Å². The average Bonchev–Trinajstić information content (AvgIpc) is 2.64. The summed E-state index contributed by atoms with van der Waals surface area (Å²) in [6, 6.07) is 17.7. The minimum atomic E-state index is -0.884. The summed E-state index contributed by atoms with van der Waals surface area (Å²) in [5.74, 6) is -0.173. The van der Waals surface area contributed by atoms with E-state index in [0.29, 0.717) is 0 Å². The van der Waals surface area contributed by atoms with E-state index in [2.05, 4.69) is 4.99 Å². The molecule has 2 aromatic rings. The van der Waals surface area contributed by atoms with Gasteiger partial charge in [-0.15, -0.1) is 0 Å². The van der Waals surface area contributed by atoms with Crippen LogP contribution in [0.3, 0.4) is 0 Å². The van der Waals surface area contributed by atoms with Crippen LogP contribution in [0.4, 0.5) is 5.69 Å². The second-order valence-corrected chi connectivity index (χ2v) is 5.61. The zero-order chi connectivity index (χ0) is 15.7. The largest absolute Gasteiger partial charge is 0.306 e. The first kappa shape index (κ1) is 14.5. The molecule has 4 heteroatoms. The third-order valence-electron chi connectivity index (χ3n) is 3.74. The van der Waals surface area contributed by atoms with Crippen molar-refractivity contribution in [3.63, 3.8) is 0 Å². The Kier molecular flexibility index (Phi) is 3.77. The van der Waals surface area contributed by atoms with Gasteiger partial charge >= 0.3 is 0 Å². The van der Waals surface area contributed by atoms with E-state index in [4.69, 9.17) is 5.73 Å². The number of rotatable bonds is 2. The fourth-order valence-corrected chi connectivity index (χ4v) is 2.77. The van der Waals surface area contributed by atoms with Gasteiger partial charge in [0, 0.05) is 17.2 Å². The van der Waals surface area contributed by atoms with Crippen molar-refractivity contribution in [1.29, 1.82) is 0 Å². The molecule has 0 fully saturated rings. The van der Waals surface area contributed by atoms with Crippen LogP contribution in [-0.2, 0) is 4.79 Å². The molecular weight excluding hydrogens is 274 g/mol. The maximum atomic E-state index is 12.6. The maximum Gasteiger partial charge on any atom is 0.266 e. The topological polar surface area (TPSA) is 58.7 Å². The van der Waals surface area contributed by atoms with Crippen molar-refractivity contribution in [2.45, 2.75) is 26.1 Å². The molecule has 1 heterocycles. The number of fused-ring (bicyclic) bond motifs is 1. The summed E-state index contributed by atoms with van der Waals surface area (Å²) < 4.78 is 0. The summed E-state index contributed by atoms with van der Waals surface area (Å²) in [6.45, 7) is 3.96. The number of amides is 1. The number of anilines is 1. The molecule has 1 aliphatic rings. The van der Waals surface area contributed by atoms with Crippen molar-refractivity contribution >= 4 is 17.3 Å². The predicted molar refractivity (Wildman–Crippen MR) is 89.1 cm³/mol. The Hall–Kier alpha value is -2.46. The number of nitrogens with two attached hydrogens (primary N) is 1. The van der Waals surface area contributed by atoms with Crippen molar-refractivity contribution in [2.75, 3.05) is 4.90 Å². The minimum absolute atomic E-state index is 0.0185. The smallest absolute Gasteiger partial charge is 0.266 e. The Bertz CT molecular complexity index is 722. The zero-order valence-electron chi connectivity index (χ0n) is 12.7. The van der Waals surface area contributed by atoms with Gasteiger partial charge in [-0.05, 0) is 19.9 Å². The van der Waals surface area contributed by atoms with E-state index in [1.807, 2.05) is 68.4 Å². The predicted octanol–water partition coefficient (Wildman–Crippen LogP) is 2.56. The fourth-order valence-electron chi connectivity index (χ4n) is 2.77. The first-order chi connectivity index (χ1) is 10.6. The molecule has 0 radical (unpaired) electrons. The highest BCUT2D eigenvalue weighted by atomic mass is 16.2. The molecule has 0 bridgehead atoms. The van der Waals surface area contributed by atoms with E-state index < -0.39 is 6.17 Å². The molecule has 0 saturated heterocycles. The average molecular weight is 293 g/mol. The lowest BCUT2D eigenvalue weighted by atomic mass is 10.00. The van der Waals surface area contributed by atoms with E-state index in [9.17, 15) is 4.79 Å². The Morgan fingerprint density at radius 2 is 1.68 bits per heavy atom. The van der Waals surface area contributed by atoms with Gasteiger partial charge in [-0.3, -0.25) is 9.79 Å². The van der Waals surface area contributed by atoms with Gasteiger partial charge in [0.1, 0.15) is 0 Å². The summed E-state index contributed by atoms with van der Waals surface area (Å²) >= 11 is 0. The molecular formula is C18H19N3O. The summed E-state index contributed by atoms with van der Waals surface area (Å²) in [5.41, 5.74) is 9.55. The van der Waals surface area contributed by atoms with Crippen LogP contribution < -0.4 is 10.6 Å². The van der Waals surface area contributed by atoms with Gasteiger partial charge in [0.15, 0.2) is 6.17 Å². The molecule has 1 amide bonds. The van der Waals surface area contributed by atoms with Gasteiger partial charge in [0.05, 0.1) is 11.4 Å². The summed E-state index contributed by atoms with van der Waals surface area (Å²) in [5, 5.41) is 0. The molecule has 0 aliphatic carbocycles. The maximum absolute atomic E-state index is 12.6. The monoisotopic (exact) mass is 293 g/mol. The number of aliphatic imine (C=N–C) groups is 1. The first-order valence-corrected chi connectivity index (χ1v) is 7.41. The van der Waals surface area contributed by atoms with Gasteiger partial charge in [-0.25, -0.2) is 0 Å². The number of carbonyl (C=O) groups is 1. The van der Waals surface area contributed by atoms with Crippen LogP contribution in [0.15, 0.2) is 59.6 Å². The summed E-state index contributed by atoms with van der Waals surface area (Å²) in [6.07, 6.45) is -0.884. The van der Waals surface area contributed by atoms with Crippen LogP contribution in [0.5, 0.6) is 0 Å². The van der Waals surface area contributed by atoms with Crippen molar-refractivity contribution in [3.8, 4) is 0 Å². The summed E-state index contributed by atoms with van der Waals surface area (Å²) in [4.78, 5) is 18.9. The third kappa shape index (κ3) is 2.42. The standard InChI is InChI=1S/C18H19N3O/c1-12(2)21-15-11-7-6-10-14(15)16(20-17(19)18(21)22)13-8-4-3-5-9-13/h3-12,17H,19H2,1-2H3. The quantitative estimate of drug-likeness (QED) is 0.925. The van der Waals surface area contributed by atoms with E-state index in [1.165, 1.54) is 0 Å². The lowest BCUT2D eigenvalue weighted by Gasteiger charge is -2.28. The van der Waals surface area contributed by atoms with Gasteiger partial charge in [-0.1, -0.05) is 48.5 Å². The fraction of sp³-hybridized carbons (Fsp3) is 0.222. The van der Waals surface area contributed by atoms with Crippen LogP contribution in [0.2, 0.25) is 0 Å². The minimum Gasteiger partial charge on any atom is -0.306 e. The van der Waals surface area contributed by atoms with Gasteiger partial charge in [0.25, 0.3) is 5.91 Å². The third-order valence-corrected chi connectivity index (χ3v) is 3.74. The molecule has 3 rings (SSSR count). The first-order valence-electron chi connectivity index (χ1n) is 7.41. The number of carbonyl (C=O) groups excluding carboxylic acids is 1. The van der Waals surface area contributed by atoms with Crippen molar-refractivity contribution in [2.24, 2.45) is 10.7 Å². The van der Waals surface area contributed by atoms with Crippen molar-refractivity contribution in [1.82, 2.24) is 0 Å². The van der Waals surface area contributed by atoms with E-state index in [0.717, 1.165) is 22.5 Å². The van der Waals surface area contributed by atoms with E-state index in [-0.39, 0.29) is 11.9 Å². The molecule has 0 spiro atoms. The highest BCUT2D eigenvalue weighted by molar-refractivity contribution is 6.20. The Morgan fingerprint density at radius 1 is 1.05 bits per heavy atom. The molecule has 1 atom stereocenters. The lowest BCUT2D eigenvalue weighted by molar-refractivity contribution is -0.120. The molecule has 22 heavy (non-hydrogen) atoms. The highest BCUT2D eigenvalue weighted by Crippen LogP contribution is 2.29. The summed E-state index contributed by atoms with van der Waals surface area (Å²) in [7, 11) is 0. The number of hydrogen-bond donors (Lipinski definition) is 1. The number of nitrogens with zero attached hydrogens (tertiary/aromatic N) is 2. The second-order valence-electron chi connectivity index (χ2n) is 5.61. The highest BCUT2D eigenvalue weighted by Gasteiger charge is 2.31. The van der Waals surface area contributed by atoms with Crippen LogP contribution in [-0.4, -0.2) is 23.8 Å². The van der Waals surface area contributed by atoms with Gasteiger partial charge < -0.3 is 10.6 Å². The molecule has 2 aromatic carbocycles. The molecule has 0 aromatic heterocycles. The lowest BCUT2D eigenvalue weighted by Crippen LogP contribution is -2.45. The molecule has 0 saturated carbocycles. The Morgan fingerprint density at radius 3 is 2.36 bits per heavy atom. The van der Waals surface area contributed by atoms with Crippen LogP contribution in [0.25, 0.3) is 0 Å². The van der Waals surface area contributed by atoms with Crippen LogP contribution >= 0.6 is 0 Å². The Labute approximate surface area is 130 Å². The van der Waals surface area contributed by atoms with Crippen LogP contribution in [0.1, 0.15) is 25.0 Å². The molecule has 2 N–H and O–H groups in total. The molecule has 4 nitrogen and oxygen atoms in total.